The Morgan fingerprint density at radius 1 is 1.21 bits per heavy atom. The van der Waals surface area contributed by atoms with Crippen LogP contribution in [0.2, 0.25) is 0 Å². The first-order chi connectivity index (χ1) is 11.5. The molecule has 0 aliphatic heterocycles. The molecular weight excluding hydrogens is 320 g/mol. The predicted octanol–water partition coefficient (Wildman–Crippen LogP) is 5.59. The minimum absolute atomic E-state index is 0.105. The van der Waals surface area contributed by atoms with Gasteiger partial charge in [0.05, 0.1) is 0 Å². The van der Waals surface area contributed by atoms with Gasteiger partial charge in [-0.25, -0.2) is 0 Å². The molecule has 1 aliphatic carbocycles. The van der Waals surface area contributed by atoms with E-state index in [1.807, 2.05) is 0 Å². The van der Waals surface area contributed by atoms with E-state index >= 15 is 0 Å². The average molecular weight is 355 g/mol. The minimum atomic E-state index is 0.105. The molecule has 1 aliphatic rings. The normalized spacial score (nSPS) is 21.8. The largest absolute Gasteiger partial charge is 0.502 e. The molecule has 1 rings (SSSR count). The van der Waals surface area contributed by atoms with Crippen molar-refractivity contribution in [2.75, 3.05) is 0 Å². The highest BCUT2D eigenvalue weighted by Gasteiger charge is 2.34. The molecule has 1 saturated carbocycles. The lowest BCUT2D eigenvalue weighted by atomic mass is 9.83. The van der Waals surface area contributed by atoms with Crippen molar-refractivity contribution in [1.29, 1.82) is 0 Å². The summed E-state index contributed by atoms with van der Waals surface area (Å²) in [6, 6.07) is 0. The second-order valence-electron chi connectivity index (χ2n) is 7.39. The van der Waals surface area contributed by atoms with Gasteiger partial charge in [-0.1, -0.05) is 32.6 Å². The van der Waals surface area contributed by atoms with Crippen molar-refractivity contribution in [3.63, 3.8) is 0 Å². The van der Waals surface area contributed by atoms with Crippen LogP contribution in [-0.4, -0.2) is 21.7 Å². The van der Waals surface area contributed by atoms with Crippen molar-refractivity contribution in [3.05, 3.63) is 0 Å². The van der Waals surface area contributed by atoms with Crippen molar-refractivity contribution in [1.82, 2.24) is 0 Å². The summed E-state index contributed by atoms with van der Waals surface area (Å²) < 4.78 is 0. The van der Waals surface area contributed by atoms with Crippen molar-refractivity contribution in [3.8, 4) is 0 Å². The number of Topliss-reactive ketones (excluding diaryl/α,β-unsaturated/α-hetero) is 2. The standard InChI is InChI=1S/C20H34O3S/c1-3-8-16(15(2)21)11-12-17-13-14-19(22)18(17)9-6-4-5-7-10-20(23)24/h16-18H,3-14H2,1-2H3,(H,23,24)/t16?,17-,18+/m0/s1. The van der Waals surface area contributed by atoms with Crippen LogP contribution in [0, 0.1) is 17.8 Å². The highest BCUT2D eigenvalue weighted by Crippen LogP contribution is 2.37. The van der Waals surface area contributed by atoms with Crippen molar-refractivity contribution in [2.45, 2.75) is 90.9 Å². The van der Waals surface area contributed by atoms with Gasteiger partial charge in [-0.05, 0) is 63.6 Å². The zero-order valence-electron chi connectivity index (χ0n) is 15.4. The summed E-state index contributed by atoms with van der Waals surface area (Å²) in [6.07, 6.45) is 11.5. The Morgan fingerprint density at radius 2 is 1.92 bits per heavy atom. The van der Waals surface area contributed by atoms with E-state index < -0.39 is 0 Å². The quantitative estimate of drug-likeness (QED) is 0.346. The third-order valence-corrected chi connectivity index (χ3v) is 5.70. The van der Waals surface area contributed by atoms with Gasteiger partial charge in [-0.3, -0.25) is 9.59 Å². The summed E-state index contributed by atoms with van der Waals surface area (Å²) in [6.45, 7) is 3.83. The third-order valence-electron chi connectivity index (χ3n) is 5.50. The summed E-state index contributed by atoms with van der Waals surface area (Å²) in [5, 5.41) is 9.10. The van der Waals surface area contributed by atoms with Crippen molar-refractivity contribution >= 4 is 28.8 Å². The number of hydrogen-bond acceptors (Lipinski definition) is 3. The molecule has 1 N–H and O–H groups in total. The fraction of sp³-hybridized carbons (Fsp3) is 0.850. The van der Waals surface area contributed by atoms with Crippen LogP contribution in [0.3, 0.4) is 0 Å². The fourth-order valence-corrected chi connectivity index (χ4v) is 4.17. The molecule has 138 valence electrons. The van der Waals surface area contributed by atoms with Crippen LogP contribution in [0.4, 0.5) is 0 Å². The van der Waals surface area contributed by atoms with Gasteiger partial charge in [0, 0.05) is 24.7 Å². The van der Waals surface area contributed by atoms with Crippen molar-refractivity contribution < 1.29 is 14.7 Å². The molecule has 0 aromatic carbocycles. The lowest BCUT2D eigenvalue weighted by Gasteiger charge is -2.21. The summed E-state index contributed by atoms with van der Waals surface area (Å²) >= 11 is 4.67. The van der Waals surface area contributed by atoms with Gasteiger partial charge >= 0.3 is 0 Å². The van der Waals surface area contributed by atoms with Crippen LogP contribution in [-0.2, 0) is 9.59 Å². The van der Waals surface area contributed by atoms with Gasteiger partial charge in [-0.15, -0.1) is 0 Å². The fourth-order valence-electron chi connectivity index (χ4n) is 4.03. The van der Waals surface area contributed by atoms with Gasteiger partial charge in [0.1, 0.15) is 11.6 Å². The number of thiocarbonyl (C=S) groups is 1. The molecular formula is C20H34O3S. The number of unbranched alkanes of at least 4 members (excludes halogenated alkanes) is 3. The first-order valence-electron chi connectivity index (χ1n) is 9.70. The maximum Gasteiger partial charge on any atom is 0.156 e. The molecule has 1 unspecified atom stereocenters. The number of carbonyl (C=O) groups excluding carboxylic acids is 2. The third kappa shape index (κ3) is 7.87. The molecule has 0 spiro atoms. The molecule has 0 aromatic heterocycles. The molecule has 0 amide bonds. The Morgan fingerprint density at radius 3 is 2.54 bits per heavy atom. The first kappa shape index (κ1) is 21.3. The summed E-state index contributed by atoms with van der Waals surface area (Å²) in [4.78, 5) is 23.9. The molecule has 0 heterocycles. The summed E-state index contributed by atoms with van der Waals surface area (Å²) in [5.74, 6) is 1.64. The zero-order chi connectivity index (χ0) is 17.9. The molecule has 0 radical (unpaired) electrons. The molecule has 4 heteroatoms. The van der Waals surface area contributed by atoms with Crippen LogP contribution >= 0.6 is 12.2 Å². The SMILES string of the molecule is CCCC(CC[C@H]1CCC(=O)[C@@H]1CCCCCCC(O)=S)C(C)=O. The number of ketones is 2. The molecule has 0 aromatic rings. The molecule has 3 nitrogen and oxygen atoms in total. The van der Waals surface area contributed by atoms with E-state index in [4.69, 9.17) is 5.11 Å². The summed E-state index contributed by atoms with van der Waals surface area (Å²) in [5.41, 5.74) is 0. The number of carbonyl (C=O) groups is 2. The lowest BCUT2D eigenvalue weighted by molar-refractivity contribution is -0.121. The number of rotatable bonds is 13. The van der Waals surface area contributed by atoms with Gasteiger partial charge < -0.3 is 5.11 Å². The van der Waals surface area contributed by atoms with E-state index in [1.165, 1.54) is 0 Å². The Kier molecular flexibility index (Phi) is 10.4. The number of aliphatic hydroxyl groups excluding tert-OH is 1. The Hall–Kier alpha value is -0.770. The number of aliphatic hydroxyl groups is 1. The maximum atomic E-state index is 12.2. The monoisotopic (exact) mass is 354 g/mol. The van der Waals surface area contributed by atoms with Crippen LogP contribution in [0.5, 0.6) is 0 Å². The van der Waals surface area contributed by atoms with Crippen LogP contribution < -0.4 is 0 Å². The lowest BCUT2D eigenvalue weighted by Crippen LogP contribution is -2.18. The average Bonchev–Trinajstić information content (AvgIpc) is 2.87. The highest BCUT2D eigenvalue weighted by molar-refractivity contribution is 7.80. The first-order valence-corrected chi connectivity index (χ1v) is 10.1. The highest BCUT2D eigenvalue weighted by atomic mass is 32.1. The Bertz CT molecular complexity index is 419. The van der Waals surface area contributed by atoms with Crippen LogP contribution in [0.25, 0.3) is 0 Å². The van der Waals surface area contributed by atoms with Gasteiger partial charge in [-0.2, -0.15) is 0 Å². The molecule has 0 bridgehead atoms. The van der Waals surface area contributed by atoms with E-state index in [0.29, 0.717) is 23.9 Å². The van der Waals surface area contributed by atoms with Gasteiger partial charge in [0.15, 0.2) is 5.05 Å². The van der Waals surface area contributed by atoms with Gasteiger partial charge in [0.2, 0.25) is 0 Å². The topological polar surface area (TPSA) is 54.4 Å². The molecule has 0 saturated heterocycles. The molecule has 1 fully saturated rings. The molecule has 3 atom stereocenters. The van der Waals surface area contributed by atoms with E-state index in [0.717, 1.165) is 70.6 Å². The summed E-state index contributed by atoms with van der Waals surface area (Å²) in [7, 11) is 0. The van der Waals surface area contributed by atoms with E-state index in [-0.39, 0.29) is 16.9 Å². The van der Waals surface area contributed by atoms with Crippen molar-refractivity contribution in [2.24, 2.45) is 17.8 Å². The predicted molar refractivity (Wildman–Crippen MR) is 102 cm³/mol. The Balaban J connectivity index is 2.32. The molecule has 24 heavy (non-hydrogen) atoms. The Labute approximate surface area is 152 Å². The smallest absolute Gasteiger partial charge is 0.156 e. The second kappa shape index (κ2) is 11.7. The minimum Gasteiger partial charge on any atom is -0.502 e. The van der Waals surface area contributed by atoms with Crippen LogP contribution in [0.15, 0.2) is 0 Å². The zero-order valence-corrected chi connectivity index (χ0v) is 16.2. The van der Waals surface area contributed by atoms with Crippen LogP contribution in [0.1, 0.15) is 90.9 Å². The number of hydrogen-bond donors (Lipinski definition) is 1. The van der Waals surface area contributed by atoms with E-state index in [9.17, 15) is 9.59 Å². The van der Waals surface area contributed by atoms with E-state index in [1.54, 1.807) is 6.92 Å². The maximum absolute atomic E-state index is 12.2. The van der Waals surface area contributed by atoms with E-state index in [2.05, 4.69) is 19.1 Å². The van der Waals surface area contributed by atoms with Gasteiger partial charge in [0.25, 0.3) is 0 Å². The second-order valence-corrected chi connectivity index (χ2v) is 7.86.